The normalized spacial score (nSPS) is 16.9. The largest absolute Gasteiger partial charge is 0.480 e. The van der Waals surface area contributed by atoms with Gasteiger partial charge in [0.15, 0.2) is 0 Å². The van der Waals surface area contributed by atoms with Crippen molar-refractivity contribution in [1.29, 1.82) is 0 Å². The number of unbranched alkanes of at least 4 members (excludes halogenated alkanes) is 10. The van der Waals surface area contributed by atoms with Crippen LogP contribution in [-0.4, -0.2) is 58.5 Å². The summed E-state index contributed by atoms with van der Waals surface area (Å²) >= 11 is 0. The Kier molecular flexibility index (Phi) is 18.6. The Morgan fingerprint density at radius 3 is 1.91 bits per heavy atom. The van der Waals surface area contributed by atoms with Gasteiger partial charge in [0, 0.05) is 0 Å². The van der Waals surface area contributed by atoms with E-state index in [1.165, 1.54) is 58.3 Å². The minimum absolute atomic E-state index is 0.308. The fraction of sp³-hybridized carbons (Fsp3) is 0.913. The van der Waals surface area contributed by atoms with Crippen molar-refractivity contribution in [2.24, 2.45) is 11.7 Å². The molecule has 10 nitrogen and oxygen atoms in total. The molecule has 0 amide bonds. The van der Waals surface area contributed by atoms with Gasteiger partial charge in [0.05, 0.1) is 18.6 Å². The number of hydrogen-bond donors (Lipinski definition) is 4. The number of carboxylic acid groups (broad SMARTS) is 1. The molecular formula is C23H46NO9P. The molecule has 0 radical (unpaired) electrons. The number of nitrogens with two attached hydrogens (primary N) is 1. The molecule has 0 aromatic rings. The highest BCUT2D eigenvalue weighted by Gasteiger charge is 2.31. The Labute approximate surface area is 204 Å². The lowest BCUT2D eigenvalue weighted by atomic mass is 10.0. The Morgan fingerprint density at radius 2 is 1.41 bits per heavy atom. The van der Waals surface area contributed by atoms with Gasteiger partial charge in [-0.25, -0.2) is 4.57 Å². The number of aliphatic carboxylic acids is 1. The Bertz CT molecular complexity index is 605. The molecule has 0 aliphatic rings. The molecule has 0 aliphatic carbocycles. The van der Waals surface area contributed by atoms with E-state index in [0.717, 1.165) is 19.3 Å². The van der Waals surface area contributed by atoms with Gasteiger partial charge in [-0.3, -0.25) is 18.6 Å². The maximum absolute atomic E-state index is 12.1. The summed E-state index contributed by atoms with van der Waals surface area (Å²) in [7, 11) is -4.64. The van der Waals surface area contributed by atoms with Gasteiger partial charge < -0.3 is 25.6 Å². The summed E-state index contributed by atoms with van der Waals surface area (Å²) in [6, 6.07) is -1.52. The van der Waals surface area contributed by atoms with Crippen LogP contribution in [0.4, 0.5) is 0 Å². The van der Waals surface area contributed by atoms with E-state index in [-0.39, 0.29) is 5.92 Å². The second-order valence-electron chi connectivity index (χ2n) is 8.95. The second kappa shape index (κ2) is 19.2. The molecule has 202 valence electrons. The molecule has 5 N–H and O–H groups in total. The van der Waals surface area contributed by atoms with Crippen LogP contribution in [0.2, 0.25) is 0 Å². The highest BCUT2D eigenvalue weighted by molar-refractivity contribution is 7.47. The molecule has 2 unspecified atom stereocenters. The molecule has 5 atom stereocenters. The molecule has 0 heterocycles. The number of aliphatic hydroxyl groups excluding tert-OH is 1. The summed E-state index contributed by atoms with van der Waals surface area (Å²) in [5.41, 5.74) is 5.30. The van der Waals surface area contributed by atoms with Crippen LogP contribution in [0.1, 0.15) is 97.8 Å². The van der Waals surface area contributed by atoms with E-state index >= 15 is 0 Å². The first-order valence-electron chi connectivity index (χ1n) is 12.5. The quantitative estimate of drug-likeness (QED) is 0.0941. The number of phosphoric acid groups is 1. The maximum atomic E-state index is 12.1. The number of carbonyl (C=O) groups excluding carboxylic acids is 1. The third-order valence-corrected chi connectivity index (χ3v) is 6.66. The maximum Gasteiger partial charge on any atom is 0.472 e. The highest BCUT2D eigenvalue weighted by Crippen LogP contribution is 2.44. The van der Waals surface area contributed by atoms with Gasteiger partial charge in [-0.15, -0.1) is 0 Å². The van der Waals surface area contributed by atoms with Gasteiger partial charge in [0.25, 0.3) is 0 Å². The summed E-state index contributed by atoms with van der Waals surface area (Å²) in [5, 5.41) is 18.6. The van der Waals surface area contributed by atoms with Crippen LogP contribution in [0.3, 0.4) is 0 Å². The molecule has 0 saturated heterocycles. The number of ether oxygens (including phenoxy) is 1. The molecule has 0 aromatic heterocycles. The Hall–Kier alpha value is -1.03. The van der Waals surface area contributed by atoms with Gasteiger partial charge >= 0.3 is 19.8 Å². The predicted octanol–water partition coefficient (Wildman–Crippen LogP) is 4.16. The molecule has 0 spiro atoms. The molecule has 0 aromatic carbocycles. The number of phosphoric ester groups is 1. The third kappa shape index (κ3) is 17.4. The lowest BCUT2D eigenvalue weighted by Crippen LogP contribution is -2.41. The fourth-order valence-electron chi connectivity index (χ4n) is 3.29. The second-order valence-corrected chi connectivity index (χ2v) is 10.4. The summed E-state index contributed by atoms with van der Waals surface area (Å²) in [6.45, 7) is 4.17. The van der Waals surface area contributed by atoms with Crippen molar-refractivity contribution >= 4 is 19.8 Å². The van der Waals surface area contributed by atoms with E-state index < -0.39 is 51.2 Å². The number of hydrogen-bond acceptors (Lipinski definition) is 8. The first-order chi connectivity index (χ1) is 16.0. The molecular weight excluding hydrogens is 465 g/mol. The topological polar surface area (TPSA) is 166 Å². The Morgan fingerprint density at radius 1 is 0.912 bits per heavy atom. The first kappa shape index (κ1) is 33.0. The van der Waals surface area contributed by atoms with Crippen molar-refractivity contribution in [2.45, 2.75) is 116 Å². The van der Waals surface area contributed by atoms with Crippen molar-refractivity contribution in [3.05, 3.63) is 0 Å². The van der Waals surface area contributed by atoms with Crippen molar-refractivity contribution < 1.29 is 43.0 Å². The van der Waals surface area contributed by atoms with Crippen LogP contribution >= 0.6 is 7.82 Å². The molecule has 0 bridgehead atoms. The number of rotatable bonds is 22. The lowest BCUT2D eigenvalue weighted by Gasteiger charge is -2.21. The predicted molar refractivity (Wildman–Crippen MR) is 129 cm³/mol. The van der Waals surface area contributed by atoms with Gasteiger partial charge in [-0.1, -0.05) is 84.5 Å². The number of esters is 1. The third-order valence-electron chi connectivity index (χ3n) is 5.58. The molecule has 34 heavy (non-hydrogen) atoms. The SMILES string of the molecule is CCCCCCCCCCCCCC(C)C(=O)OC[C@@H](O)COP(=O)(O)O[C@@H](C)[C@H](N)C(=O)O. The van der Waals surface area contributed by atoms with Crippen LogP contribution in [0.5, 0.6) is 0 Å². The van der Waals surface area contributed by atoms with E-state index in [1.807, 2.05) is 0 Å². The molecule has 0 rings (SSSR count). The van der Waals surface area contributed by atoms with Crippen LogP contribution in [-0.2, 0) is 27.9 Å². The van der Waals surface area contributed by atoms with Gasteiger partial charge in [-0.05, 0) is 13.3 Å². The van der Waals surface area contributed by atoms with E-state index in [9.17, 15) is 24.2 Å². The van der Waals surface area contributed by atoms with Crippen LogP contribution in [0.15, 0.2) is 0 Å². The van der Waals surface area contributed by atoms with Crippen LogP contribution in [0.25, 0.3) is 0 Å². The molecule has 11 heteroatoms. The average molecular weight is 512 g/mol. The average Bonchev–Trinajstić information content (AvgIpc) is 2.78. The molecule has 0 fully saturated rings. The van der Waals surface area contributed by atoms with E-state index in [0.29, 0.717) is 6.42 Å². The summed E-state index contributed by atoms with van der Waals surface area (Å²) < 4.78 is 26.2. The Balaban J connectivity index is 3.89. The van der Waals surface area contributed by atoms with Crippen molar-refractivity contribution in [3.63, 3.8) is 0 Å². The van der Waals surface area contributed by atoms with Crippen LogP contribution < -0.4 is 5.73 Å². The number of carboxylic acids is 1. The summed E-state index contributed by atoms with van der Waals surface area (Å²) in [5.74, 6) is -2.16. The lowest BCUT2D eigenvalue weighted by molar-refractivity contribution is -0.151. The smallest absolute Gasteiger partial charge is 0.472 e. The van der Waals surface area contributed by atoms with E-state index in [2.05, 4.69) is 16.0 Å². The van der Waals surface area contributed by atoms with Crippen LogP contribution in [0, 0.1) is 5.92 Å². The highest BCUT2D eigenvalue weighted by atomic mass is 31.2. The molecule has 0 saturated carbocycles. The first-order valence-corrected chi connectivity index (χ1v) is 14.0. The van der Waals surface area contributed by atoms with Crippen molar-refractivity contribution in [3.8, 4) is 0 Å². The van der Waals surface area contributed by atoms with Gasteiger partial charge in [0.1, 0.15) is 18.8 Å². The zero-order valence-corrected chi connectivity index (χ0v) is 21.9. The molecule has 0 aliphatic heterocycles. The summed E-state index contributed by atoms with van der Waals surface area (Å²) in [4.78, 5) is 32.4. The van der Waals surface area contributed by atoms with Crippen molar-refractivity contribution in [2.75, 3.05) is 13.2 Å². The number of carbonyl (C=O) groups is 2. The fourth-order valence-corrected chi connectivity index (χ4v) is 4.26. The van der Waals surface area contributed by atoms with E-state index in [4.69, 9.17) is 15.6 Å². The zero-order valence-electron chi connectivity index (χ0n) is 21.0. The van der Waals surface area contributed by atoms with Gasteiger partial charge in [-0.2, -0.15) is 0 Å². The van der Waals surface area contributed by atoms with E-state index in [1.54, 1.807) is 6.92 Å². The van der Waals surface area contributed by atoms with Crippen molar-refractivity contribution in [1.82, 2.24) is 0 Å². The minimum atomic E-state index is -4.64. The number of aliphatic hydroxyl groups is 1. The monoisotopic (exact) mass is 511 g/mol. The van der Waals surface area contributed by atoms with Gasteiger partial charge in [0.2, 0.25) is 0 Å². The zero-order chi connectivity index (χ0) is 26.0. The summed E-state index contributed by atoms with van der Waals surface area (Å²) in [6.07, 6.45) is 11.6. The minimum Gasteiger partial charge on any atom is -0.480 e. The standard InChI is InChI=1S/C23H46NO9P/c1-4-5-6-7-8-9-10-11-12-13-14-15-18(2)23(28)31-16-20(25)17-32-34(29,30)33-19(3)21(24)22(26)27/h18-21,25H,4-17,24H2,1-3H3,(H,26,27)(H,29,30)/t18?,19-,20+,21-/m0/s1.